The summed E-state index contributed by atoms with van der Waals surface area (Å²) in [5.74, 6) is 0.179. The van der Waals surface area contributed by atoms with E-state index in [0.717, 1.165) is 16.5 Å². The molecular weight excluding hydrogens is 408 g/mol. The van der Waals surface area contributed by atoms with Crippen LogP contribution in [0, 0.1) is 0 Å². The van der Waals surface area contributed by atoms with Crippen molar-refractivity contribution < 1.29 is 14.3 Å². The van der Waals surface area contributed by atoms with Gasteiger partial charge in [0.15, 0.2) is 6.61 Å². The van der Waals surface area contributed by atoms with Gasteiger partial charge >= 0.3 is 0 Å². The van der Waals surface area contributed by atoms with Crippen LogP contribution in [0.1, 0.15) is 25.0 Å². The SMILES string of the molecule is CCc1ccc(OCC(=O)N(Cc2ccc(Br)cc2)[C@@H](C)C(=O)NC)cc1. The van der Waals surface area contributed by atoms with Gasteiger partial charge in [-0.15, -0.1) is 0 Å². The van der Waals surface area contributed by atoms with Crippen LogP contribution in [0.15, 0.2) is 53.0 Å². The minimum atomic E-state index is -0.600. The Kier molecular flexibility index (Phi) is 7.85. The van der Waals surface area contributed by atoms with Crippen molar-refractivity contribution in [3.05, 3.63) is 64.1 Å². The maximum Gasteiger partial charge on any atom is 0.261 e. The van der Waals surface area contributed by atoms with Gasteiger partial charge in [0.2, 0.25) is 5.91 Å². The van der Waals surface area contributed by atoms with Crippen molar-refractivity contribution >= 4 is 27.7 Å². The minimum Gasteiger partial charge on any atom is -0.484 e. The second-order valence-corrected chi connectivity index (χ2v) is 7.14. The van der Waals surface area contributed by atoms with Gasteiger partial charge in [-0.2, -0.15) is 0 Å². The molecule has 0 unspecified atom stereocenters. The standard InChI is InChI=1S/C21H25BrN2O3/c1-4-16-7-11-19(12-8-16)27-14-20(25)24(15(2)21(26)23-3)13-17-5-9-18(22)10-6-17/h5-12,15H,4,13-14H2,1-3H3,(H,23,26)/t15-/m0/s1. The highest BCUT2D eigenvalue weighted by Crippen LogP contribution is 2.16. The second-order valence-electron chi connectivity index (χ2n) is 6.22. The van der Waals surface area contributed by atoms with Gasteiger partial charge < -0.3 is 15.0 Å². The Morgan fingerprint density at radius 1 is 1.07 bits per heavy atom. The predicted octanol–water partition coefficient (Wildman–Crippen LogP) is 3.55. The van der Waals surface area contributed by atoms with E-state index in [1.54, 1.807) is 14.0 Å². The van der Waals surface area contributed by atoms with Crippen molar-refractivity contribution in [1.82, 2.24) is 10.2 Å². The molecule has 0 saturated heterocycles. The van der Waals surface area contributed by atoms with Crippen LogP contribution in [0.2, 0.25) is 0 Å². The summed E-state index contributed by atoms with van der Waals surface area (Å²) in [7, 11) is 1.56. The molecule has 27 heavy (non-hydrogen) atoms. The van der Waals surface area contributed by atoms with Crippen LogP contribution in [0.5, 0.6) is 5.75 Å². The van der Waals surface area contributed by atoms with E-state index >= 15 is 0 Å². The van der Waals surface area contributed by atoms with Crippen molar-refractivity contribution in [3.63, 3.8) is 0 Å². The fourth-order valence-electron chi connectivity index (χ4n) is 2.63. The normalized spacial score (nSPS) is 11.6. The first-order chi connectivity index (χ1) is 12.9. The van der Waals surface area contributed by atoms with Gasteiger partial charge in [-0.25, -0.2) is 0 Å². The molecule has 0 aromatic heterocycles. The summed E-state index contributed by atoms with van der Waals surface area (Å²) in [5.41, 5.74) is 2.15. The van der Waals surface area contributed by atoms with E-state index in [-0.39, 0.29) is 18.4 Å². The van der Waals surface area contributed by atoms with Gasteiger partial charge in [0.25, 0.3) is 5.91 Å². The third kappa shape index (κ3) is 6.10. The highest BCUT2D eigenvalue weighted by molar-refractivity contribution is 9.10. The number of carbonyl (C=O) groups excluding carboxylic acids is 2. The molecule has 6 heteroatoms. The number of nitrogens with one attached hydrogen (secondary N) is 1. The van der Waals surface area contributed by atoms with Gasteiger partial charge in [0.05, 0.1) is 0 Å². The largest absolute Gasteiger partial charge is 0.484 e. The first-order valence-electron chi connectivity index (χ1n) is 8.91. The fraction of sp³-hybridized carbons (Fsp3) is 0.333. The van der Waals surface area contributed by atoms with E-state index in [9.17, 15) is 9.59 Å². The molecule has 0 spiro atoms. The summed E-state index contributed by atoms with van der Waals surface area (Å²) in [5, 5.41) is 2.60. The maximum absolute atomic E-state index is 12.8. The number of hydrogen-bond acceptors (Lipinski definition) is 3. The molecule has 0 aliphatic carbocycles. The van der Waals surface area contributed by atoms with Gasteiger partial charge in [0.1, 0.15) is 11.8 Å². The van der Waals surface area contributed by atoms with E-state index in [4.69, 9.17) is 4.74 Å². The van der Waals surface area contributed by atoms with Crippen LogP contribution in [-0.4, -0.2) is 36.4 Å². The number of rotatable bonds is 8. The van der Waals surface area contributed by atoms with Crippen molar-refractivity contribution in [2.24, 2.45) is 0 Å². The van der Waals surface area contributed by atoms with Crippen molar-refractivity contribution in [1.29, 1.82) is 0 Å². The molecule has 5 nitrogen and oxygen atoms in total. The maximum atomic E-state index is 12.8. The Hall–Kier alpha value is -2.34. The Labute approximate surface area is 168 Å². The van der Waals surface area contributed by atoms with E-state index in [0.29, 0.717) is 12.3 Å². The molecule has 2 aromatic carbocycles. The lowest BCUT2D eigenvalue weighted by Crippen LogP contribution is -2.48. The van der Waals surface area contributed by atoms with E-state index < -0.39 is 6.04 Å². The monoisotopic (exact) mass is 432 g/mol. The molecular formula is C21H25BrN2O3. The first-order valence-corrected chi connectivity index (χ1v) is 9.71. The number of aryl methyl sites for hydroxylation is 1. The first kappa shape index (κ1) is 21.0. The quantitative estimate of drug-likeness (QED) is 0.693. The smallest absolute Gasteiger partial charge is 0.261 e. The second kappa shape index (κ2) is 10.1. The number of ether oxygens (including phenoxy) is 1. The molecule has 1 atom stereocenters. The molecule has 0 aliphatic rings. The average Bonchev–Trinajstić information content (AvgIpc) is 2.70. The molecule has 0 heterocycles. The zero-order chi connectivity index (χ0) is 19.8. The lowest BCUT2D eigenvalue weighted by molar-refractivity contribution is -0.142. The number of hydrogen-bond donors (Lipinski definition) is 1. The lowest BCUT2D eigenvalue weighted by Gasteiger charge is -2.28. The molecule has 0 bridgehead atoms. The predicted molar refractivity (Wildman–Crippen MR) is 110 cm³/mol. The highest BCUT2D eigenvalue weighted by Gasteiger charge is 2.25. The third-order valence-electron chi connectivity index (χ3n) is 4.37. The topological polar surface area (TPSA) is 58.6 Å². The zero-order valence-electron chi connectivity index (χ0n) is 15.9. The Balaban J connectivity index is 2.09. The van der Waals surface area contributed by atoms with Crippen LogP contribution in [0.3, 0.4) is 0 Å². The molecule has 0 fully saturated rings. The summed E-state index contributed by atoms with van der Waals surface area (Å²) < 4.78 is 6.60. The number of amides is 2. The van der Waals surface area contributed by atoms with Crippen molar-refractivity contribution in [2.45, 2.75) is 32.9 Å². The molecule has 0 radical (unpaired) electrons. The summed E-state index contributed by atoms with van der Waals surface area (Å²) in [6, 6.07) is 14.7. The minimum absolute atomic E-state index is 0.122. The van der Waals surface area contributed by atoms with E-state index in [1.165, 1.54) is 10.5 Å². The fourth-order valence-corrected chi connectivity index (χ4v) is 2.89. The molecule has 2 rings (SSSR count). The van der Waals surface area contributed by atoms with Gasteiger partial charge in [-0.1, -0.05) is 47.1 Å². The van der Waals surface area contributed by atoms with Gasteiger partial charge in [-0.05, 0) is 48.7 Å². The Bertz CT molecular complexity index is 760. The summed E-state index contributed by atoms with van der Waals surface area (Å²) in [6.07, 6.45) is 0.948. The average molecular weight is 433 g/mol. The van der Waals surface area contributed by atoms with Crippen LogP contribution < -0.4 is 10.1 Å². The van der Waals surface area contributed by atoms with Gasteiger partial charge in [0, 0.05) is 18.1 Å². The number of carbonyl (C=O) groups is 2. The molecule has 144 valence electrons. The number of halogens is 1. The Morgan fingerprint density at radius 3 is 2.22 bits per heavy atom. The van der Waals surface area contributed by atoms with Gasteiger partial charge in [-0.3, -0.25) is 9.59 Å². The van der Waals surface area contributed by atoms with Crippen molar-refractivity contribution in [3.8, 4) is 5.75 Å². The van der Waals surface area contributed by atoms with Crippen LogP contribution in [0.25, 0.3) is 0 Å². The molecule has 1 N–H and O–H groups in total. The molecule has 0 saturated carbocycles. The van der Waals surface area contributed by atoms with Crippen molar-refractivity contribution in [2.75, 3.05) is 13.7 Å². The van der Waals surface area contributed by atoms with E-state index in [2.05, 4.69) is 28.2 Å². The lowest BCUT2D eigenvalue weighted by atomic mass is 10.1. The van der Waals surface area contributed by atoms with Crippen LogP contribution >= 0.6 is 15.9 Å². The summed E-state index contributed by atoms with van der Waals surface area (Å²) >= 11 is 3.40. The number of benzene rings is 2. The third-order valence-corrected chi connectivity index (χ3v) is 4.90. The van der Waals surface area contributed by atoms with Crippen LogP contribution in [0.4, 0.5) is 0 Å². The molecule has 0 aliphatic heterocycles. The van der Waals surface area contributed by atoms with E-state index in [1.807, 2.05) is 48.5 Å². The zero-order valence-corrected chi connectivity index (χ0v) is 17.5. The van der Waals surface area contributed by atoms with Crippen LogP contribution in [-0.2, 0) is 22.6 Å². The highest BCUT2D eigenvalue weighted by atomic mass is 79.9. The Morgan fingerprint density at radius 2 is 1.67 bits per heavy atom. The number of likely N-dealkylation sites (N-methyl/N-ethyl adjacent to an activating group) is 1. The summed E-state index contributed by atoms with van der Waals surface area (Å²) in [4.78, 5) is 26.4. The molecule has 2 aromatic rings. The summed E-state index contributed by atoms with van der Waals surface area (Å²) in [6.45, 7) is 4.01. The number of nitrogens with zero attached hydrogens (tertiary/aromatic N) is 1. The molecule has 2 amide bonds.